The zero-order valence-electron chi connectivity index (χ0n) is 10.5. The molecule has 0 amide bonds. The summed E-state index contributed by atoms with van der Waals surface area (Å²) in [4.78, 5) is 2.05. The molecule has 0 aliphatic carbocycles. The summed E-state index contributed by atoms with van der Waals surface area (Å²) in [5.41, 5.74) is 0. The van der Waals surface area contributed by atoms with Gasteiger partial charge >= 0.3 is 0 Å². The van der Waals surface area contributed by atoms with Crippen LogP contribution in [-0.4, -0.2) is 39.4 Å². The maximum Gasteiger partial charge on any atom is 0.283 e. The molecule has 2 aromatic rings. The lowest BCUT2D eigenvalue weighted by Gasteiger charge is -2.23. The van der Waals surface area contributed by atoms with Crippen molar-refractivity contribution in [1.29, 1.82) is 0 Å². The van der Waals surface area contributed by atoms with Gasteiger partial charge in [-0.3, -0.25) is 4.90 Å². The summed E-state index contributed by atoms with van der Waals surface area (Å²) in [5, 5.41) is 16.9. The zero-order valence-corrected chi connectivity index (χ0v) is 10.5. The van der Waals surface area contributed by atoms with Crippen LogP contribution < -0.4 is 0 Å². The first kappa shape index (κ1) is 12.8. The molecule has 0 radical (unpaired) electrons. The Morgan fingerprint density at radius 3 is 2.83 bits per heavy atom. The van der Waals surface area contributed by atoms with Crippen molar-refractivity contribution in [3.63, 3.8) is 0 Å². The Balaban J connectivity index is 2.06. The fourth-order valence-electron chi connectivity index (χ4n) is 1.64. The number of aliphatic hydroxyl groups is 1. The Hall–Kier alpha value is -1.66. The van der Waals surface area contributed by atoms with Crippen molar-refractivity contribution in [1.82, 2.24) is 15.1 Å². The lowest BCUT2D eigenvalue weighted by molar-refractivity contribution is 0.148. The van der Waals surface area contributed by atoms with Gasteiger partial charge in [-0.25, -0.2) is 0 Å². The van der Waals surface area contributed by atoms with Gasteiger partial charge in [-0.05, 0) is 26.0 Å². The second kappa shape index (κ2) is 5.79. The second-order valence-corrected chi connectivity index (χ2v) is 4.27. The van der Waals surface area contributed by atoms with Gasteiger partial charge < -0.3 is 13.9 Å². The van der Waals surface area contributed by atoms with E-state index in [1.54, 1.807) is 18.4 Å². The summed E-state index contributed by atoms with van der Waals surface area (Å²) in [7, 11) is 0. The third-order valence-electron chi connectivity index (χ3n) is 2.65. The molecule has 6 heteroatoms. The number of hydrogen-bond donors (Lipinski definition) is 1. The van der Waals surface area contributed by atoms with E-state index in [0.29, 0.717) is 36.7 Å². The van der Waals surface area contributed by atoms with Crippen molar-refractivity contribution in [3.8, 4) is 11.7 Å². The van der Waals surface area contributed by atoms with Gasteiger partial charge in [0.2, 0.25) is 5.89 Å². The van der Waals surface area contributed by atoms with Gasteiger partial charge in [0.05, 0.1) is 19.4 Å². The highest BCUT2D eigenvalue weighted by atomic mass is 16.4. The maximum absolute atomic E-state index is 9.00. The van der Waals surface area contributed by atoms with Crippen LogP contribution in [-0.2, 0) is 6.54 Å². The van der Waals surface area contributed by atoms with E-state index in [1.165, 1.54) is 0 Å². The molecule has 2 rings (SSSR count). The lowest BCUT2D eigenvalue weighted by Crippen LogP contribution is -2.33. The smallest absolute Gasteiger partial charge is 0.283 e. The predicted molar refractivity (Wildman–Crippen MR) is 64.6 cm³/mol. The van der Waals surface area contributed by atoms with E-state index < -0.39 is 0 Å². The topological polar surface area (TPSA) is 75.5 Å². The summed E-state index contributed by atoms with van der Waals surface area (Å²) < 4.78 is 10.7. The maximum atomic E-state index is 9.00. The monoisotopic (exact) mass is 251 g/mol. The number of furan rings is 1. The van der Waals surface area contributed by atoms with Gasteiger partial charge in [0.25, 0.3) is 5.89 Å². The van der Waals surface area contributed by atoms with E-state index in [4.69, 9.17) is 13.9 Å². The van der Waals surface area contributed by atoms with E-state index >= 15 is 0 Å². The van der Waals surface area contributed by atoms with Crippen molar-refractivity contribution >= 4 is 0 Å². The molecule has 0 aliphatic rings. The molecular formula is C12H17N3O3. The molecule has 18 heavy (non-hydrogen) atoms. The molecule has 2 heterocycles. The Kier molecular flexibility index (Phi) is 4.11. The average molecular weight is 251 g/mol. The molecule has 0 unspecified atom stereocenters. The second-order valence-electron chi connectivity index (χ2n) is 4.27. The Morgan fingerprint density at radius 2 is 2.22 bits per heavy atom. The van der Waals surface area contributed by atoms with Crippen LogP contribution in [0.4, 0.5) is 0 Å². The summed E-state index contributed by atoms with van der Waals surface area (Å²) in [6.07, 6.45) is 1.56. The van der Waals surface area contributed by atoms with E-state index in [1.807, 2.05) is 0 Å². The fourth-order valence-corrected chi connectivity index (χ4v) is 1.64. The minimum absolute atomic E-state index is 0.108. The number of hydrogen-bond acceptors (Lipinski definition) is 6. The zero-order chi connectivity index (χ0) is 13.0. The number of aromatic nitrogens is 2. The van der Waals surface area contributed by atoms with Gasteiger partial charge in [-0.2, -0.15) is 0 Å². The number of rotatable bonds is 6. The first-order valence-electron chi connectivity index (χ1n) is 5.92. The quantitative estimate of drug-likeness (QED) is 0.839. The summed E-state index contributed by atoms with van der Waals surface area (Å²) in [5.74, 6) is 1.46. The molecule has 2 aromatic heterocycles. The SMILES string of the molecule is CC(C)N(CCO)Cc1nnc(-c2ccco2)o1. The third kappa shape index (κ3) is 2.96. The molecule has 0 bridgehead atoms. The Labute approximate surface area is 105 Å². The molecular weight excluding hydrogens is 234 g/mol. The highest BCUT2D eigenvalue weighted by Crippen LogP contribution is 2.18. The van der Waals surface area contributed by atoms with Gasteiger partial charge in [0.1, 0.15) is 0 Å². The van der Waals surface area contributed by atoms with Gasteiger partial charge in [-0.1, -0.05) is 0 Å². The highest BCUT2D eigenvalue weighted by Gasteiger charge is 2.15. The van der Waals surface area contributed by atoms with Crippen LogP contribution in [0.2, 0.25) is 0 Å². The minimum atomic E-state index is 0.108. The molecule has 0 aromatic carbocycles. The highest BCUT2D eigenvalue weighted by molar-refractivity contribution is 5.42. The lowest BCUT2D eigenvalue weighted by atomic mass is 10.3. The van der Waals surface area contributed by atoms with Gasteiger partial charge in [0.15, 0.2) is 5.76 Å². The molecule has 0 fully saturated rings. The largest absolute Gasteiger partial charge is 0.459 e. The first-order valence-corrected chi connectivity index (χ1v) is 5.92. The molecule has 6 nitrogen and oxygen atoms in total. The average Bonchev–Trinajstić information content (AvgIpc) is 2.98. The van der Waals surface area contributed by atoms with E-state index in [2.05, 4.69) is 28.9 Å². The van der Waals surface area contributed by atoms with Crippen molar-refractivity contribution < 1.29 is 13.9 Å². The Bertz CT molecular complexity index is 465. The molecule has 0 saturated carbocycles. The predicted octanol–water partition coefficient (Wildman–Crippen LogP) is 1.53. The molecule has 0 atom stereocenters. The van der Waals surface area contributed by atoms with Crippen molar-refractivity contribution in [3.05, 3.63) is 24.3 Å². The van der Waals surface area contributed by atoms with Crippen molar-refractivity contribution in [2.45, 2.75) is 26.4 Å². The van der Waals surface area contributed by atoms with Crippen LogP contribution in [0.1, 0.15) is 19.7 Å². The standard InChI is InChI=1S/C12H17N3O3/c1-9(2)15(5-6-16)8-11-13-14-12(18-11)10-4-3-7-17-10/h3-4,7,9,16H,5-6,8H2,1-2H3. The fraction of sp³-hybridized carbons (Fsp3) is 0.500. The minimum Gasteiger partial charge on any atom is -0.459 e. The third-order valence-corrected chi connectivity index (χ3v) is 2.65. The van der Waals surface area contributed by atoms with Crippen molar-refractivity contribution in [2.75, 3.05) is 13.2 Å². The van der Waals surface area contributed by atoms with Crippen LogP contribution in [0.15, 0.2) is 27.2 Å². The van der Waals surface area contributed by atoms with Crippen LogP contribution in [0, 0.1) is 0 Å². The molecule has 98 valence electrons. The van der Waals surface area contributed by atoms with Crippen LogP contribution in [0.5, 0.6) is 0 Å². The van der Waals surface area contributed by atoms with E-state index in [0.717, 1.165) is 0 Å². The van der Waals surface area contributed by atoms with Crippen molar-refractivity contribution in [2.24, 2.45) is 0 Å². The van der Waals surface area contributed by atoms with Crippen LogP contribution >= 0.6 is 0 Å². The first-order chi connectivity index (χ1) is 8.70. The summed E-state index contributed by atoms with van der Waals surface area (Å²) in [6.45, 7) is 5.32. The molecule has 1 N–H and O–H groups in total. The van der Waals surface area contributed by atoms with Crippen LogP contribution in [0.3, 0.4) is 0 Å². The van der Waals surface area contributed by atoms with E-state index in [-0.39, 0.29) is 6.61 Å². The summed E-state index contributed by atoms with van der Waals surface area (Å²) in [6, 6.07) is 3.84. The molecule has 0 spiro atoms. The summed E-state index contributed by atoms with van der Waals surface area (Å²) >= 11 is 0. The van der Waals surface area contributed by atoms with Crippen LogP contribution in [0.25, 0.3) is 11.7 Å². The molecule has 0 aliphatic heterocycles. The Morgan fingerprint density at radius 1 is 1.39 bits per heavy atom. The number of nitrogens with zero attached hydrogens (tertiary/aromatic N) is 3. The van der Waals surface area contributed by atoms with E-state index in [9.17, 15) is 0 Å². The number of aliphatic hydroxyl groups excluding tert-OH is 1. The molecule has 0 saturated heterocycles. The normalized spacial score (nSPS) is 11.6. The van der Waals surface area contributed by atoms with Gasteiger partial charge in [0, 0.05) is 12.6 Å². The van der Waals surface area contributed by atoms with Gasteiger partial charge in [-0.15, -0.1) is 10.2 Å².